The second-order valence-electron chi connectivity index (χ2n) is 6.71. The van der Waals surface area contributed by atoms with Crippen molar-refractivity contribution in [2.24, 2.45) is 4.36 Å². The Balaban J connectivity index is 2.52. The van der Waals surface area contributed by atoms with E-state index in [1.54, 1.807) is 0 Å². The van der Waals surface area contributed by atoms with Crippen LogP contribution in [0.3, 0.4) is 0 Å². The summed E-state index contributed by atoms with van der Waals surface area (Å²) < 4.78 is 34.1. The lowest BCUT2D eigenvalue weighted by Gasteiger charge is -2.20. The van der Waals surface area contributed by atoms with Crippen LogP contribution in [0, 0.1) is 5.82 Å². The van der Waals surface area contributed by atoms with Crippen LogP contribution in [0.2, 0.25) is 9.36 Å². The number of rotatable bonds is 5. The lowest BCUT2D eigenvalue weighted by Crippen LogP contribution is -2.22. The Hall–Kier alpha value is -1.19. The van der Waals surface area contributed by atoms with Gasteiger partial charge in [-0.1, -0.05) is 50.9 Å². The molecule has 0 fully saturated rings. The van der Waals surface area contributed by atoms with Gasteiger partial charge in [-0.2, -0.15) is 0 Å². The normalized spacial score (nSPS) is 13.6. The predicted octanol–water partition coefficient (Wildman–Crippen LogP) is 6.63. The summed E-state index contributed by atoms with van der Waals surface area (Å²) in [5.74, 6) is -0.441. The topological polar surface area (TPSA) is 70.6 Å². The van der Waals surface area contributed by atoms with E-state index in [0.29, 0.717) is 16.8 Å². The fourth-order valence-corrected chi connectivity index (χ4v) is 5.91. The van der Waals surface area contributed by atoms with E-state index in [1.165, 1.54) is 25.2 Å². The molecule has 0 spiro atoms. The van der Waals surface area contributed by atoms with Crippen molar-refractivity contribution in [3.63, 3.8) is 0 Å². The number of amides is 2. The molecular weight excluding hydrogens is 444 g/mol. The summed E-state index contributed by atoms with van der Waals surface area (Å²) in [7, 11) is -1.83. The predicted molar refractivity (Wildman–Crippen MR) is 116 cm³/mol. The summed E-state index contributed by atoms with van der Waals surface area (Å²) in [6.45, 7) is 7.60. The Morgan fingerprint density at radius 2 is 1.68 bits per heavy atom. The quantitative estimate of drug-likeness (QED) is 0.519. The van der Waals surface area contributed by atoms with Gasteiger partial charge in [-0.3, -0.25) is 0 Å². The number of urea groups is 1. The number of carbonyl (C=O) groups excluding carboxylic acids is 1. The molecule has 2 N–H and O–H groups in total. The van der Waals surface area contributed by atoms with Gasteiger partial charge in [-0.05, 0) is 48.2 Å². The minimum Gasteiger partial charge on any atom is -0.305 e. The molecule has 2 rings (SSSR count). The molecule has 0 aliphatic heterocycles. The number of hydrogen-bond donors (Lipinski definition) is 2. The lowest BCUT2D eigenvalue weighted by molar-refractivity contribution is 0.260. The molecule has 2 amide bonds. The Kier molecular flexibility index (Phi) is 7.50. The molecule has 0 radical (unpaired) electrons. The van der Waals surface area contributed by atoms with Gasteiger partial charge in [-0.25, -0.2) is 18.1 Å². The third-order valence-electron chi connectivity index (χ3n) is 4.02. The largest absolute Gasteiger partial charge is 0.354 e. The summed E-state index contributed by atoms with van der Waals surface area (Å²) in [4.78, 5) is 12.6. The number of hydrogen-bond acceptors (Lipinski definition) is 3. The molecule has 154 valence electrons. The summed E-state index contributed by atoms with van der Waals surface area (Å²) in [6.07, 6.45) is 0. The van der Waals surface area contributed by atoms with Gasteiger partial charge in [-0.15, -0.1) is 15.7 Å². The molecule has 0 bridgehead atoms. The van der Waals surface area contributed by atoms with Crippen LogP contribution in [0.4, 0.5) is 14.9 Å². The van der Waals surface area contributed by atoms with Crippen LogP contribution in [-0.2, 0) is 9.92 Å². The van der Waals surface area contributed by atoms with E-state index >= 15 is 0 Å². The number of nitrogens with one attached hydrogen (secondary N) is 2. The van der Waals surface area contributed by atoms with Crippen molar-refractivity contribution in [2.45, 2.75) is 43.7 Å². The third-order valence-corrected chi connectivity index (χ3v) is 8.25. The van der Waals surface area contributed by atoms with Gasteiger partial charge in [0.2, 0.25) is 0 Å². The molecule has 28 heavy (non-hydrogen) atoms. The average molecular weight is 466 g/mol. The highest BCUT2D eigenvalue weighted by molar-refractivity contribution is 7.94. The van der Waals surface area contributed by atoms with Gasteiger partial charge in [0.1, 0.15) is 14.4 Å². The standard InChI is InChI=1S/C18H22Cl2FN3O2S2/c1-9(2)12-6-11(21)7-13(10(3)4)16(12)23-18(25)24-28(26,22-5)15-8-14(19)17(20)27-15/h6-10H,1-5H3,(H2,22,23,24,25,26). The fourth-order valence-electron chi connectivity index (χ4n) is 2.61. The van der Waals surface area contributed by atoms with Crippen molar-refractivity contribution >= 4 is 56.2 Å². The van der Waals surface area contributed by atoms with Crippen LogP contribution < -0.4 is 10.0 Å². The number of halogens is 3. The monoisotopic (exact) mass is 465 g/mol. The van der Waals surface area contributed by atoms with Crippen LogP contribution in [0.5, 0.6) is 0 Å². The maximum Gasteiger partial charge on any atom is 0.354 e. The van der Waals surface area contributed by atoms with E-state index in [4.69, 9.17) is 23.2 Å². The molecule has 10 heteroatoms. The summed E-state index contributed by atoms with van der Waals surface area (Å²) in [5, 5.41) is 2.94. The maximum absolute atomic E-state index is 14.0. The van der Waals surface area contributed by atoms with E-state index < -0.39 is 15.9 Å². The second kappa shape index (κ2) is 9.09. The SMILES string of the molecule is CNS(=O)(=NC(=O)Nc1c(C(C)C)cc(F)cc1C(C)C)c1cc(Cl)c(Cl)s1. The third kappa shape index (κ3) is 5.04. The first-order valence-electron chi connectivity index (χ1n) is 8.53. The minimum atomic E-state index is -3.26. The number of nitrogens with zero attached hydrogens (tertiary/aromatic N) is 1. The second-order valence-corrected chi connectivity index (χ2v) is 11.1. The molecule has 0 saturated heterocycles. The molecule has 5 nitrogen and oxygen atoms in total. The number of benzene rings is 1. The first kappa shape index (κ1) is 23.1. The lowest BCUT2D eigenvalue weighted by atomic mass is 9.92. The summed E-state index contributed by atoms with van der Waals surface area (Å²) in [5.41, 5.74) is 1.77. The molecular formula is C18H22Cl2FN3O2S2. The molecule has 0 aliphatic carbocycles. The molecule has 2 aromatic rings. The summed E-state index contributed by atoms with van der Waals surface area (Å²) >= 11 is 12.9. The van der Waals surface area contributed by atoms with Gasteiger partial charge in [0.15, 0.2) is 9.92 Å². The zero-order chi connectivity index (χ0) is 21.2. The van der Waals surface area contributed by atoms with Crippen LogP contribution in [-0.4, -0.2) is 17.3 Å². The summed E-state index contributed by atoms with van der Waals surface area (Å²) in [6, 6.07) is 3.39. The highest BCUT2D eigenvalue weighted by Crippen LogP contribution is 2.36. The Morgan fingerprint density at radius 1 is 1.14 bits per heavy atom. The van der Waals surface area contributed by atoms with Gasteiger partial charge in [0.25, 0.3) is 0 Å². The van der Waals surface area contributed by atoms with Crippen LogP contribution in [0.25, 0.3) is 0 Å². The molecule has 1 heterocycles. The zero-order valence-corrected chi connectivity index (χ0v) is 19.2. The average Bonchev–Trinajstić information content (AvgIpc) is 2.95. The smallest absolute Gasteiger partial charge is 0.305 e. The molecule has 0 saturated carbocycles. The van der Waals surface area contributed by atoms with E-state index in [1.807, 2.05) is 27.7 Å². The van der Waals surface area contributed by atoms with Crippen molar-refractivity contribution < 1.29 is 13.4 Å². The van der Waals surface area contributed by atoms with Crippen molar-refractivity contribution in [1.29, 1.82) is 0 Å². The highest BCUT2D eigenvalue weighted by atomic mass is 35.5. The van der Waals surface area contributed by atoms with Gasteiger partial charge in [0, 0.05) is 5.69 Å². The first-order valence-corrected chi connectivity index (χ1v) is 11.6. The van der Waals surface area contributed by atoms with E-state index in [9.17, 15) is 13.4 Å². The van der Waals surface area contributed by atoms with Crippen molar-refractivity contribution in [1.82, 2.24) is 4.72 Å². The molecule has 1 aromatic heterocycles. The Morgan fingerprint density at radius 3 is 2.07 bits per heavy atom. The Labute approximate surface area is 178 Å². The van der Waals surface area contributed by atoms with Crippen molar-refractivity contribution in [2.75, 3.05) is 12.4 Å². The van der Waals surface area contributed by atoms with Gasteiger partial charge < -0.3 is 5.32 Å². The van der Waals surface area contributed by atoms with Crippen molar-refractivity contribution in [3.8, 4) is 0 Å². The number of thiophene rings is 1. The van der Waals surface area contributed by atoms with Gasteiger partial charge in [0.05, 0.1) is 5.02 Å². The van der Waals surface area contributed by atoms with Crippen LogP contribution in [0.1, 0.15) is 50.7 Å². The maximum atomic E-state index is 14.0. The van der Waals surface area contributed by atoms with E-state index in [0.717, 1.165) is 11.3 Å². The molecule has 0 aliphatic rings. The molecule has 1 unspecified atom stereocenters. The van der Waals surface area contributed by atoms with Crippen LogP contribution >= 0.6 is 34.5 Å². The first-order chi connectivity index (χ1) is 13.0. The highest BCUT2D eigenvalue weighted by Gasteiger charge is 2.21. The zero-order valence-electron chi connectivity index (χ0n) is 16.1. The molecule has 1 atom stereocenters. The Bertz CT molecular complexity index is 964. The van der Waals surface area contributed by atoms with Crippen LogP contribution in [0.15, 0.2) is 26.8 Å². The van der Waals surface area contributed by atoms with E-state index in [-0.39, 0.29) is 31.2 Å². The van der Waals surface area contributed by atoms with Gasteiger partial charge >= 0.3 is 6.03 Å². The number of carbonyl (C=O) groups is 1. The number of anilines is 1. The van der Waals surface area contributed by atoms with E-state index in [2.05, 4.69) is 14.4 Å². The minimum absolute atomic E-state index is 0.0351. The molecule has 1 aromatic carbocycles. The fraction of sp³-hybridized carbons (Fsp3) is 0.389. The van der Waals surface area contributed by atoms with Crippen molar-refractivity contribution in [3.05, 3.63) is 44.5 Å².